The maximum Gasteiger partial charge on any atom is 0.573 e. The number of hydrogen-bond donors (Lipinski definition) is 10. The number of nitrogens with two attached hydrogens (primary N) is 1. The van der Waals surface area contributed by atoms with Gasteiger partial charge < -0.3 is 50.2 Å². The van der Waals surface area contributed by atoms with E-state index in [9.17, 15) is 56.7 Å². The van der Waals surface area contributed by atoms with Crippen LogP contribution in [0.3, 0.4) is 0 Å². The van der Waals surface area contributed by atoms with Gasteiger partial charge in [0.2, 0.25) is 12.4 Å². The van der Waals surface area contributed by atoms with Gasteiger partial charge in [0.25, 0.3) is 5.79 Å². The smallest absolute Gasteiger partial charge is 0.475 e. The van der Waals surface area contributed by atoms with Crippen molar-refractivity contribution in [3.63, 3.8) is 0 Å². The van der Waals surface area contributed by atoms with Crippen molar-refractivity contribution in [2.45, 2.75) is 43.6 Å². The first-order valence-electron chi connectivity index (χ1n) is 10.3. The van der Waals surface area contributed by atoms with Crippen LogP contribution in [0, 0.1) is 0 Å². The highest BCUT2D eigenvalue weighted by molar-refractivity contribution is 5.96. The molecule has 0 saturated heterocycles. The Morgan fingerprint density at radius 1 is 1.12 bits per heavy atom. The van der Waals surface area contributed by atoms with Gasteiger partial charge in [0.15, 0.2) is 0 Å². The van der Waals surface area contributed by atoms with Crippen molar-refractivity contribution in [1.29, 1.82) is 0 Å². The third kappa shape index (κ3) is 10.3. The average molecular weight is 604 g/mol. The number of aliphatic hydroxyl groups excluding tert-OH is 1. The lowest BCUT2D eigenvalue weighted by molar-refractivity contribution is -0.670. The fourth-order valence-electron chi connectivity index (χ4n) is 2.69. The molecule has 232 valence electrons. The molecule has 1 heterocycles. The highest BCUT2D eigenvalue weighted by Gasteiger charge is 2.54. The average Bonchev–Trinajstić information content (AvgIpc) is 2.82. The van der Waals surface area contributed by atoms with E-state index in [2.05, 4.69) is 30.3 Å². The fraction of sp³-hybridized carbons (Fsp3) is 0.526. The quantitative estimate of drug-likeness (QED) is 0.0645. The summed E-state index contributed by atoms with van der Waals surface area (Å²) in [6, 6.07) is 0.387. The Labute approximate surface area is 220 Å². The van der Waals surface area contributed by atoms with E-state index in [0.29, 0.717) is 18.7 Å². The van der Waals surface area contributed by atoms with Crippen LogP contribution in [0.4, 0.5) is 26.3 Å². The summed E-state index contributed by atoms with van der Waals surface area (Å²) in [6.07, 6.45) is -15.3. The summed E-state index contributed by atoms with van der Waals surface area (Å²) in [5, 5.41) is 64.8. The number of carbonyl (C=O) groups excluding carboxylic acids is 1. The van der Waals surface area contributed by atoms with Gasteiger partial charge in [-0.05, 0) is 32.2 Å². The number of carbonyl (C=O) groups is 1. The Morgan fingerprint density at radius 2 is 1.68 bits per heavy atom. The minimum absolute atomic E-state index is 0.0126. The largest absolute Gasteiger partial charge is 0.573 e. The molecule has 2 rings (SSSR count). The lowest BCUT2D eigenvalue weighted by Crippen LogP contribution is -2.52. The van der Waals surface area contributed by atoms with Gasteiger partial charge in [-0.3, -0.25) is 4.84 Å². The monoisotopic (exact) mass is 604 g/mol. The Bertz CT molecular complexity index is 997. The second kappa shape index (κ2) is 14.7. The molecule has 0 saturated carbocycles. The second-order valence-corrected chi connectivity index (χ2v) is 7.32. The molecule has 0 aromatic heterocycles. The van der Waals surface area contributed by atoms with Crippen LogP contribution in [0.5, 0.6) is 11.5 Å². The van der Waals surface area contributed by atoms with Gasteiger partial charge in [-0.1, -0.05) is 0 Å². The van der Waals surface area contributed by atoms with Gasteiger partial charge >= 0.3 is 24.5 Å². The van der Waals surface area contributed by atoms with Crippen LogP contribution in [0.15, 0.2) is 17.7 Å². The number of fused-ring (bicyclic) bond motifs is 1. The number of quaternary nitrogens is 1. The number of ether oxygens (including phenoxy) is 3. The van der Waals surface area contributed by atoms with Crippen LogP contribution >= 0.6 is 0 Å². The number of esters is 1. The zero-order valence-electron chi connectivity index (χ0n) is 20.5. The summed E-state index contributed by atoms with van der Waals surface area (Å²) in [6.45, 7) is 1.94. The van der Waals surface area contributed by atoms with E-state index in [-0.39, 0.29) is 12.7 Å². The van der Waals surface area contributed by atoms with Gasteiger partial charge in [-0.15, -0.1) is 13.2 Å². The zero-order chi connectivity index (χ0) is 31.7. The van der Waals surface area contributed by atoms with E-state index in [0.717, 1.165) is 6.92 Å². The number of hydrogen-bond acceptors (Lipinski definition) is 14. The molecule has 0 spiro atoms. The SMILES string of the molecule is CC(ON)OC(=O)C1=Cc2cc(OC(F)(F)F)cc(C(O)(O)C(O)(O)O)c2OC1C(F)(F)F.CNCCO.[NH3+]O. The van der Waals surface area contributed by atoms with Crippen LogP contribution in [-0.2, 0) is 20.2 Å². The number of benzene rings is 1. The summed E-state index contributed by atoms with van der Waals surface area (Å²) in [7, 11) is 1.80. The van der Waals surface area contributed by atoms with Gasteiger partial charge in [0.05, 0.1) is 17.7 Å². The first kappa shape index (κ1) is 37.2. The molecule has 15 nitrogen and oxygen atoms in total. The Hall–Kier alpha value is -2.83. The first-order valence-corrected chi connectivity index (χ1v) is 10.3. The molecule has 1 aromatic carbocycles. The number of aliphatic hydroxyl groups is 6. The van der Waals surface area contributed by atoms with E-state index < -0.39 is 70.9 Å². The molecule has 13 N–H and O–H groups in total. The predicted octanol–water partition coefficient (Wildman–Crippen LogP) is -2.34. The van der Waals surface area contributed by atoms with Crippen molar-refractivity contribution in [2.24, 2.45) is 5.90 Å². The predicted molar refractivity (Wildman–Crippen MR) is 114 cm³/mol. The molecule has 1 aliphatic heterocycles. The number of likely N-dealkylation sites (N-methyl/N-ethyl adjacent to an activating group) is 1. The van der Waals surface area contributed by atoms with Gasteiger partial charge in [0.1, 0.15) is 11.5 Å². The molecule has 1 aromatic rings. The first-order chi connectivity index (χ1) is 18.2. The molecule has 0 fully saturated rings. The summed E-state index contributed by atoms with van der Waals surface area (Å²) < 4.78 is 91.2. The zero-order valence-corrected chi connectivity index (χ0v) is 20.5. The molecule has 0 radical (unpaired) electrons. The minimum Gasteiger partial charge on any atom is -0.475 e. The van der Waals surface area contributed by atoms with Crippen LogP contribution in [0.25, 0.3) is 6.08 Å². The molecule has 2 atom stereocenters. The Kier molecular flexibility index (Phi) is 13.7. The number of nitrogens with one attached hydrogen (secondary N) is 1. The molecule has 0 amide bonds. The van der Waals surface area contributed by atoms with E-state index in [1.807, 2.05) is 0 Å². The standard InChI is InChI=1S/C16H15F6NO10.C3H9NO.H4NO/c1-5(33-23)30-12(24)8-3-6-2-7(32-16(20,21)22)4-9(13(25,26)15(27,28)29)10(6)31-11(8)14(17,18)19;1-4-2-3-5;1-2/h2-5,11,25-29H,23H2,1H3;4-5H,2-3H2,1H3;2H,1H3/q;;+1. The van der Waals surface area contributed by atoms with E-state index in [4.69, 9.17) is 16.2 Å². The van der Waals surface area contributed by atoms with Crippen molar-refractivity contribution in [3.05, 3.63) is 28.8 Å². The molecule has 0 bridgehead atoms. The van der Waals surface area contributed by atoms with E-state index in [1.54, 1.807) is 7.05 Å². The maximum atomic E-state index is 13.6. The van der Waals surface area contributed by atoms with Gasteiger partial charge in [0, 0.05) is 12.1 Å². The number of rotatable bonds is 8. The number of halogens is 6. The topological polar surface area (TPSA) is 261 Å². The maximum absolute atomic E-state index is 13.6. The summed E-state index contributed by atoms with van der Waals surface area (Å²) in [5.41, 5.74) is -3.79. The molecule has 0 aliphatic carbocycles. The van der Waals surface area contributed by atoms with E-state index in [1.165, 1.54) is 0 Å². The van der Waals surface area contributed by atoms with Gasteiger partial charge in [-0.2, -0.15) is 13.2 Å². The third-order valence-corrected chi connectivity index (χ3v) is 4.36. The van der Waals surface area contributed by atoms with Crippen LogP contribution in [0.1, 0.15) is 18.1 Å². The van der Waals surface area contributed by atoms with Crippen molar-refractivity contribution in [1.82, 2.24) is 5.32 Å². The Balaban J connectivity index is 0.00000195. The van der Waals surface area contributed by atoms with Crippen LogP contribution < -0.4 is 26.6 Å². The Morgan fingerprint density at radius 3 is 2.05 bits per heavy atom. The van der Waals surface area contributed by atoms with Crippen LogP contribution in [0.2, 0.25) is 0 Å². The van der Waals surface area contributed by atoms with Crippen LogP contribution in [-0.4, -0.2) is 92.9 Å². The number of alkyl halides is 6. The van der Waals surface area contributed by atoms with Crippen molar-refractivity contribution >= 4 is 12.0 Å². The second-order valence-electron chi connectivity index (χ2n) is 7.32. The fourth-order valence-corrected chi connectivity index (χ4v) is 2.69. The lowest BCUT2D eigenvalue weighted by Gasteiger charge is -2.35. The molecule has 21 heteroatoms. The summed E-state index contributed by atoms with van der Waals surface area (Å²) in [5.74, 6) is -6.19. The lowest BCUT2D eigenvalue weighted by atomic mass is 9.94. The molecular weight excluding hydrogens is 576 g/mol. The molecule has 2 unspecified atom stereocenters. The minimum atomic E-state index is -5.41. The summed E-state index contributed by atoms with van der Waals surface area (Å²) >= 11 is 0. The van der Waals surface area contributed by atoms with Crippen molar-refractivity contribution in [3.8, 4) is 11.5 Å². The highest BCUT2D eigenvalue weighted by Crippen LogP contribution is 2.46. The van der Waals surface area contributed by atoms with E-state index >= 15 is 0 Å². The van der Waals surface area contributed by atoms with Gasteiger partial charge in [-0.25, -0.2) is 21.8 Å². The molecule has 40 heavy (non-hydrogen) atoms. The third-order valence-electron chi connectivity index (χ3n) is 4.36. The summed E-state index contributed by atoms with van der Waals surface area (Å²) in [4.78, 5) is 16.2. The van der Waals surface area contributed by atoms with Crippen molar-refractivity contribution < 1.29 is 91.9 Å². The normalized spacial score (nSPS) is 16.1. The molecular formula is C19H28F6N3O12+. The van der Waals surface area contributed by atoms with Crippen molar-refractivity contribution in [2.75, 3.05) is 20.2 Å². The molecule has 1 aliphatic rings. The highest BCUT2D eigenvalue weighted by atomic mass is 19.4.